The third-order valence-corrected chi connectivity index (χ3v) is 4.51. The Balaban J connectivity index is 1.75. The molecule has 1 amide bonds. The van der Waals surface area contributed by atoms with Crippen molar-refractivity contribution in [3.8, 4) is 17.0 Å². The second-order valence-corrected chi connectivity index (χ2v) is 6.35. The third kappa shape index (κ3) is 5.94. The Morgan fingerprint density at radius 3 is 2.71 bits per heavy atom. The zero-order valence-electron chi connectivity index (χ0n) is 14.2. The number of methoxy groups -OCH3 is 2. The first-order valence-electron chi connectivity index (χ1n) is 8.07. The molecule has 0 aliphatic carbocycles. The smallest absolute Gasteiger partial charge is 0.220 e. The maximum Gasteiger partial charge on any atom is 0.220 e. The van der Waals surface area contributed by atoms with Crippen LogP contribution in [0.25, 0.3) is 11.3 Å². The van der Waals surface area contributed by atoms with Crippen LogP contribution < -0.4 is 10.1 Å². The molecule has 0 fully saturated rings. The van der Waals surface area contributed by atoms with E-state index in [9.17, 15) is 4.79 Å². The molecule has 1 aromatic heterocycles. The average Bonchev–Trinajstić information content (AvgIpc) is 3.09. The van der Waals surface area contributed by atoms with Crippen LogP contribution in [0.4, 0.5) is 0 Å². The summed E-state index contributed by atoms with van der Waals surface area (Å²) < 4.78 is 10.1. The Hall–Kier alpha value is -1.92. The molecular formula is C18H24N2O3S. The van der Waals surface area contributed by atoms with Gasteiger partial charge in [0, 0.05) is 44.0 Å². The van der Waals surface area contributed by atoms with E-state index < -0.39 is 0 Å². The van der Waals surface area contributed by atoms with Gasteiger partial charge in [-0.25, -0.2) is 4.98 Å². The van der Waals surface area contributed by atoms with Crippen LogP contribution in [-0.4, -0.2) is 38.3 Å². The van der Waals surface area contributed by atoms with E-state index in [1.807, 2.05) is 29.6 Å². The number of hydrogen-bond donors (Lipinski definition) is 1. The predicted octanol–water partition coefficient (Wildman–Crippen LogP) is 3.29. The Morgan fingerprint density at radius 2 is 2.00 bits per heavy atom. The van der Waals surface area contributed by atoms with Crippen molar-refractivity contribution in [1.29, 1.82) is 0 Å². The van der Waals surface area contributed by atoms with Gasteiger partial charge in [-0.2, -0.15) is 0 Å². The number of ether oxygens (including phenoxy) is 2. The van der Waals surface area contributed by atoms with E-state index in [1.54, 1.807) is 25.6 Å². The van der Waals surface area contributed by atoms with E-state index in [-0.39, 0.29) is 5.91 Å². The van der Waals surface area contributed by atoms with Gasteiger partial charge in [0.05, 0.1) is 17.8 Å². The lowest BCUT2D eigenvalue weighted by molar-refractivity contribution is -0.121. The van der Waals surface area contributed by atoms with Gasteiger partial charge in [0.25, 0.3) is 0 Å². The lowest BCUT2D eigenvalue weighted by atomic mass is 10.2. The van der Waals surface area contributed by atoms with Gasteiger partial charge >= 0.3 is 0 Å². The summed E-state index contributed by atoms with van der Waals surface area (Å²) in [6.45, 7) is 1.44. The van der Waals surface area contributed by atoms with Crippen LogP contribution in [-0.2, 0) is 16.0 Å². The highest BCUT2D eigenvalue weighted by atomic mass is 32.1. The molecule has 130 valence electrons. The van der Waals surface area contributed by atoms with E-state index in [4.69, 9.17) is 9.47 Å². The monoisotopic (exact) mass is 348 g/mol. The molecule has 2 rings (SSSR count). The van der Waals surface area contributed by atoms with Crippen molar-refractivity contribution in [2.24, 2.45) is 0 Å². The molecule has 1 aromatic carbocycles. The maximum absolute atomic E-state index is 11.8. The summed E-state index contributed by atoms with van der Waals surface area (Å²) in [4.78, 5) is 16.4. The Bertz CT molecular complexity index is 625. The molecule has 6 heteroatoms. The summed E-state index contributed by atoms with van der Waals surface area (Å²) in [6, 6.07) is 7.82. The van der Waals surface area contributed by atoms with Crippen molar-refractivity contribution in [1.82, 2.24) is 10.3 Å². The first kappa shape index (κ1) is 18.4. The normalized spacial score (nSPS) is 10.6. The van der Waals surface area contributed by atoms with Gasteiger partial charge in [0.2, 0.25) is 5.91 Å². The summed E-state index contributed by atoms with van der Waals surface area (Å²) in [5.41, 5.74) is 2.00. The van der Waals surface area contributed by atoms with Crippen molar-refractivity contribution in [2.45, 2.75) is 25.7 Å². The second-order valence-electron chi connectivity index (χ2n) is 5.40. The van der Waals surface area contributed by atoms with Crippen LogP contribution in [0.15, 0.2) is 29.6 Å². The molecule has 2 aromatic rings. The molecule has 1 N–H and O–H groups in total. The molecule has 0 bridgehead atoms. The van der Waals surface area contributed by atoms with Crippen molar-refractivity contribution in [3.05, 3.63) is 34.7 Å². The molecule has 5 nitrogen and oxygen atoms in total. The fraction of sp³-hybridized carbons (Fsp3) is 0.444. The Kier molecular flexibility index (Phi) is 7.71. The minimum absolute atomic E-state index is 0.0774. The molecule has 0 radical (unpaired) electrons. The van der Waals surface area contributed by atoms with E-state index >= 15 is 0 Å². The minimum Gasteiger partial charge on any atom is -0.497 e. The van der Waals surface area contributed by atoms with Crippen LogP contribution in [0.3, 0.4) is 0 Å². The van der Waals surface area contributed by atoms with Crippen molar-refractivity contribution in [2.75, 3.05) is 27.4 Å². The number of carbonyl (C=O) groups is 1. The van der Waals surface area contributed by atoms with Gasteiger partial charge in [-0.05, 0) is 37.1 Å². The van der Waals surface area contributed by atoms with Gasteiger partial charge in [-0.15, -0.1) is 11.3 Å². The van der Waals surface area contributed by atoms with Crippen LogP contribution in [0, 0.1) is 0 Å². The maximum atomic E-state index is 11.8. The molecule has 0 unspecified atom stereocenters. The molecule has 0 aliphatic rings. The fourth-order valence-corrected chi connectivity index (χ4v) is 3.04. The highest BCUT2D eigenvalue weighted by Gasteiger charge is 2.07. The van der Waals surface area contributed by atoms with Crippen LogP contribution >= 0.6 is 11.3 Å². The lowest BCUT2D eigenvalue weighted by Gasteiger charge is -2.04. The minimum atomic E-state index is 0.0774. The number of thiazole rings is 1. The summed E-state index contributed by atoms with van der Waals surface area (Å²) in [5.74, 6) is 0.907. The molecular weight excluding hydrogens is 324 g/mol. The number of benzene rings is 1. The number of nitrogens with zero attached hydrogens (tertiary/aromatic N) is 1. The predicted molar refractivity (Wildman–Crippen MR) is 96.5 cm³/mol. The zero-order chi connectivity index (χ0) is 17.2. The quantitative estimate of drug-likeness (QED) is 0.669. The van der Waals surface area contributed by atoms with Crippen LogP contribution in [0.5, 0.6) is 5.75 Å². The van der Waals surface area contributed by atoms with E-state index in [2.05, 4.69) is 10.3 Å². The molecule has 24 heavy (non-hydrogen) atoms. The SMILES string of the molecule is COCCCCNC(=O)CCc1nc(-c2ccc(OC)cc2)cs1. The number of rotatable bonds is 10. The topological polar surface area (TPSA) is 60.5 Å². The zero-order valence-corrected chi connectivity index (χ0v) is 15.0. The summed E-state index contributed by atoms with van der Waals surface area (Å²) in [7, 11) is 3.34. The van der Waals surface area contributed by atoms with Gasteiger partial charge in [-0.1, -0.05) is 0 Å². The molecule has 0 spiro atoms. The van der Waals surface area contributed by atoms with Crippen molar-refractivity contribution < 1.29 is 14.3 Å². The second kappa shape index (κ2) is 10.1. The van der Waals surface area contributed by atoms with Crippen molar-refractivity contribution >= 4 is 17.2 Å². The first-order valence-corrected chi connectivity index (χ1v) is 8.95. The Morgan fingerprint density at radius 1 is 1.21 bits per heavy atom. The molecule has 0 saturated carbocycles. The summed E-state index contributed by atoms with van der Waals surface area (Å²) in [6.07, 6.45) is 3.05. The molecule has 0 atom stereocenters. The van der Waals surface area contributed by atoms with Crippen LogP contribution in [0.1, 0.15) is 24.3 Å². The van der Waals surface area contributed by atoms with E-state index in [0.29, 0.717) is 19.4 Å². The van der Waals surface area contributed by atoms with Gasteiger partial charge in [-0.3, -0.25) is 4.79 Å². The number of aromatic nitrogens is 1. The summed E-state index contributed by atoms with van der Waals surface area (Å²) in [5, 5.41) is 5.94. The largest absolute Gasteiger partial charge is 0.497 e. The van der Waals surface area contributed by atoms with E-state index in [1.165, 1.54) is 0 Å². The third-order valence-electron chi connectivity index (χ3n) is 3.60. The number of unbranched alkanes of at least 4 members (excludes halogenated alkanes) is 1. The van der Waals surface area contributed by atoms with Crippen LogP contribution in [0.2, 0.25) is 0 Å². The fourth-order valence-electron chi connectivity index (χ4n) is 2.23. The average molecular weight is 348 g/mol. The van der Waals surface area contributed by atoms with Gasteiger partial charge < -0.3 is 14.8 Å². The number of amides is 1. The number of aryl methyl sites for hydroxylation is 1. The number of nitrogens with one attached hydrogen (secondary N) is 1. The van der Waals surface area contributed by atoms with Gasteiger partial charge in [0.15, 0.2) is 0 Å². The highest BCUT2D eigenvalue weighted by Crippen LogP contribution is 2.24. The molecule has 0 saturated heterocycles. The number of hydrogen-bond acceptors (Lipinski definition) is 5. The van der Waals surface area contributed by atoms with Crippen molar-refractivity contribution in [3.63, 3.8) is 0 Å². The first-order chi connectivity index (χ1) is 11.7. The van der Waals surface area contributed by atoms with Gasteiger partial charge in [0.1, 0.15) is 5.75 Å². The summed E-state index contributed by atoms with van der Waals surface area (Å²) >= 11 is 1.59. The lowest BCUT2D eigenvalue weighted by Crippen LogP contribution is -2.24. The molecule has 1 heterocycles. The molecule has 0 aliphatic heterocycles. The standard InChI is InChI=1S/C18H24N2O3S/c1-22-12-4-3-11-19-17(21)9-10-18-20-16(13-24-18)14-5-7-15(23-2)8-6-14/h5-8,13H,3-4,9-12H2,1-2H3,(H,19,21). The highest BCUT2D eigenvalue weighted by molar-refractivity contribution is 7.09. The number of carbonyl (C=O) groups excluding carboxylic acids is 1. The Labute approximate surface area is 147 Å². The van der Waals surface area contributed by atoms with E-state index in [0.717, 1.165) is 41.5 Å².